The molecule has 0 N–H and O–H groups in total. The quantitative estimate of drug-likeness (QED) is 0.416. The summed E-state index contributed by atoms with van der Waals surface area (Å²) in [6.45, 7) is -0.238. The molecule has 0 aliphatic rings. The summed E-state index contributed by atoms with van der Waals surface area (Å²) in [6.07, 6.45) is -6.09. The second kappa shape index (κ2) is 7.76. The van der Waals surface area contributed by atoms with Gasteiger partial charge in [-0.3, -0.25) is 0 Å². The van der Waals surface area contributed by atoms with Gasteiger partial charge in [-0.1, -0.05) is 47.6 Å². The van der Waals surface area contributed by atoms with E-state index >= 15 is 0 Å². The van der Waals surface area contributed by atoms with E-state index in [0.29, 0.717) is 5.56 Å². The van der Waals surface area contributed by atoms with Crippen LogP contribution in [0.5, 0.6) is 5.75 Å². The molecular weight excluding hydrogens is 333 g/mol. The molecule has 0 radical (unpaired) electrons. The summed E-state index contributed by atoms with van der Waals surface area (Å²) in [4.78, 5) is 4.93. The van der Waals surface area contributed by atoms with Crippen molar-refractivity contribution in [1.29, 1.82) is 0 Å². The first-order valence-corrected chi connectivity index (χ1v) is 6.72. The Balaban J connectivity index is 1.94. The fourth-order valence-electron chi connectivity index (χ4n) is 1.78. The van der Waals surface area contributed by atoms with E-state index in [1.54, 1.807) is 0 Å². The molecule has 2 aromatic rings. The highest BCUT2D eigenvalue weighted by molar-refractivity contribution is 5.79. The van der Waals surface area contributed by atoms with Gasteiger partial charge in [0.2, 0.25) is 0 Å². The Kier molecular flexibility index (Phi) is 5.73. The normalized spacial score (nSPS) is 11.9. The van der Waals surface area contributed by atoms with E-state index in [9.17, 15) is 22.0 Å². The highest BCUT2D eigenvalue weighted by Crippen LogP contribution is 2.26. The van der Waals surface area contributed by atoms with Gasteiger partial charge in [-0.15, -0.1) is 13.2 Å². The number of oxime groups is 1. The number of halogens is 5. The van der Waals surface area contributed by atoms with Crippen LogP contribution in [-0.4, -0.2) is 12.6 Å². The molecule has 8 heteroatoms. The lowest BCUT2D eigenvalue weighted by atomic mass is 10.1. The fourth-order valence-corrected chi connectivity index (χ4v) is 1.78. The van der Waals surface area contributed by atoms with E-state index in [2.05, 4.69) is 9.89 Å². The van der Waals surface area contributed by atoms with E-state index in [-0.39, 0.29) is 23.5 Å². The number of para-hydroxylation sites is 1. The van der Waals surface area contributed by atoms with Crippen LogP contribution in [0.4, 0.5) is 22.0 Å². The average molecular weight is 345 g/mol. The van der Waals surface area contributed by atoms with Gasteiger partial charge in [0, 0.05) is 11.1 Å². The van der Waals surface area contributed by atoms with Crippen LogP contribution < -0.4 is 4.74 Å². The first-order chi connectivity index (χ1) is 11.3. The summed E-state index contributed by atoms with van der Waals surface area (Å²) in [5, 5.41) is 3.60. The number of benzene rings is 2. The van der Waals surface area contributed by atoms with Gasteiger partial charge in [0.05, 0.1) is 6.21 Å². The molecule has 0 aliphatic heterocycles. The molecule has 24 heavy (non-hydrogen) atoms. The molecular formula is C16H12F5NO2. The van der Waals surface area contributed by atoms with Crippen LogP contribution in [0.1, 0.15) is 23.1 Å². The minimum atomic E-state index is -4.80. The number of nitrogens with zero attached hydrogens (tertiary/aromatic N) is 1. The van der Waals surface area contributed by atoms with Crippen LogP contribution in [0.25, 0.3) is 0 Å². The lowest BCUT2D eigenvalue weighted by Crippen LogP contribution is -2.18. The first-order valence-electron chi connectivity index (χ1n) is 6.72. The van der Waals surface area contributed by atoms with Gasteiger partial charge in [0.25, 0.3) is 6.43 Å². The SMILES string of the molecule is FC(F)c1ccc(C=NOCc2ccccc2OC(F)(F)F)cc1. The maximum absolute atomic E-state index is 12.4. The van der Waals surface area contributed by atoms with Gasteiger partial charge in [-0.2, -0.15) is 0 Å². The van der Waals surface area contributed by atoms with Crippen molar-refractivity contribution in [3.63, 3.8) is 0 Å². The molecule has 0 saturated heterocycles. The van der Waals surface area contributed by atoms with Crippen molar-refractivity contribution in [3.05, 3.63) is 65.2 Å². The van der Waals surface area contributed by atoms with E-state index in [1.165, 1.54) is 54.7 Å². The number of alkyl halides is 5. The summed E-state index contributed by atoms with van der Waals surface area (Å²) in [7, 11) is 0. The van der Waals surface area contributed by atoms with E-state index in [4.69, 9.17) is 4.84 Å². The third-order valence-corrected chi connectivity index (χ3v) is 2.88. The van der Waals surface area contributed by atoms with Crippen LogP contribution in [0, 0.1) is 0 Å². The zero-order valence-electron chi connectivity index (χ0n) is 12.1. The van der Waals surface area contributed by atoms with E-state index < -0.39 is 12.8 Å². The van der Waals surface area contributed by atoms with Gasteiger partial charge in [-0.05, 0) is 11.6 Å². The fraction of sp³-hybridized carbons (Fsp3) is 0.188. The van der Waals surface area contributed by atoms with Crippen molar-refractivity contribution in [3.8, 4) is 5.75 Å². The second-order valence-corrected chi connectivity index (χ2v) is 4.63. The van der Waals surface area contributed by atoms with Crippen molar-refractivity contribution < 1.29 is 31.5 Å². The molecule has 0 fully saturated rings. The minimum absolute atomic E-state index is 0.119. The van der Waals surface area contributed by atoms with Crippen LogP contribution in [-0.2, 0) is 11.4 Å². The predicted octanol–water partition coefficient (Wildman–Crippen LogP) is 5.07. The Labute approximate surface area is 134 Å². The number of hydrogen-bond acceptors (Lipinski definition) is 3. The molecule has 0 unspecified atom stereocenters. The topological polar surface area (TPSA) is 30.8 Å². The van der Waals surface area contributed by atoms with E-state index in [0.717, 1.165) is 0 Å². The summed E-state index contributed by atoms with van der Waals surface area (Å²) < 4.78 is 65.5. The third-order valence-electron chi connectivity index (χ3n) is 2.88. The molecule has 2 aromatic carbocycles. The van der Waals surface area contributed by atoms with Gasteiger partial charge in [0.1, 0.15) is 12.4 Å². The Morgan fingerprint density at radius 1 is 1.00 bits per heavy atom. The molecule has 0 aromatic heterocycles. The Bertz CT molecular complexity index is 684. The van der Waals surface area contributed by atoms with Crippen LogP contribution in [0.3, 0.4) is 0 Å². The zero-order chi connectivity index (χ0) is 17.6. The number of hydrogen-bond donors (Lipinski definition) is 0. The predicted molar refractivity (Wildman–Crippen MR) is 76.9 cm³/mol. The Morgan fingerprint density at radius 2 is 1.67 bits per heavy atom. The molecule has 0 bridgehead atoms. The van der Waals surface area contributed by atoms with Gasteiger partial charge in [0.15, 0.2) is 0 Å². The minimum Gasteiger partial charge on any atom is -0.405 e. The average Bonchev–Trinajstić information content (AvgIpc) is 2.52. The Morgan fingerprint density at radius 3 is 2.29 bits per heavy atom. The van der Waals surface area contributed by atoms with Gasteiger partial charge < -0.3 is 9.57 Å². The molecule has 0 saturated carbocycles. The zero-order valence-corrected chi connectivity index (χ0v) is 12.1. The Hall–Kier alpha value is -2.64. The molecule has 3 nitrogen and oxygen atoms in total. The first kappa shape index (κ1) is 17.7. The molecule has 0 aliphatic carbocycles. The lowest BCUT2D eigenvalue weighted by molar-refractivity contribution is -0.275. The third kappa shape index (κ3) is 5.53. The number of rotatable bonds is 6. The maximum atomic E-state index is 12.4. The standard InChI is InChI=1S/C16H12F5NO2/c17-15(18)12-7-5-11(6-8-12)9-22-23-10-13-3-1-2-4-14(13)24-16(19,20)21/h1-9,15H,10H2. The summed E-state index contributed by atoms with van der Waals surface area (Å²) in [5.74, 6) is -0.374. The lowest BCUT2D eigenvalue weighted by Gasteiger charge is -2.12. The van der Waals surface area contributed by atoms with Crippen LogP contribution in [0.2, 0.25) is 0 Å². The summed E-state index contributed by atoms with van der Waals surface area (Å²) in [5.41, 5.74) is 0.561. The van der Waals surface area contributed by atoms with Crippen molar-refractivity contribution in [2.24, 2.45) is 5.16 Å². The molecule has 128 valence electrons. The maximum Gasteiger partial charge on any atom is 0.573 e. The molecule has 0 amide bonds. The summed E-state index contributed by atoms with van der Waals surface area (Å²) >= 11 is 0. The van der Waals surface area contributed by atoms with Gasteiger partial charge >= 0.3 is 6.36 Å². The molecule has 2 rings (SSSR count). The van der Waals surface area contributed by atoms with Gasteiger partial charge in [-0.25, -0.2) is 8.78 Å². The largest absolute Gasteiger partial charge is 0.573 e. The van der Waals surface area contributed by atoms with Crippen LogP contribution >= 0.6 is 0 Å². The molecule has 0 spiro atoms. The monoisotopic (exact) mass is 345 g/mol. The highest BCUT2D eigenvalue weighted by atomic mass is 19.4. The van der Waals surface area contributed by atoms with Crippen LogP contribution in [0.15, 0.2) is 53.7 Å². The van der Waals surface area contributed by atoms with Crippen molar-refractivity contribution in [2.45, 2.75) is 19.4 Å². The highest BCUT2D eigenvalue weighted by Gasteiger charge is 2.32. The molecule has 0 atom stereocenters. The van der Waals surface area contributed by atoms with Crippen molar-refractivity contribution in [1.82, 2.24) is 0 Å². The van der Waals surface area contributed by atoms with Crippen molar-refractivity contribution in [2.75, 3.05) is 0 Å². The summed E-state index contributed by atoms with van der Waals surface area (Å²) in [6, 6.07) is 10.9. The second-order valence-electron chi connectivity index (χ2n) is 4.63. The van der Waals surface area contributed by atoms with Crippen molar-refractivity contribution >= 4 is 6.21 Å². The van der Waals surface area contributed by atoms with E-state index in [1.807, 2.05) is 0 Å². The smallest absolute Gasteiger partial charge is 0.405 e. The molecule has 0 heterocycles. The number of ether oxygens (including phenoxy) is 1.